The van der Waals surface area contributed by atoms with Crippen molar-refractivity contribution >= 4 is 41.1 Å². The van der Waals surface area contributed by atoms with Crippen LogP contribution in [-0.4, -0.2) is 29.9 Å². The number of hydrogen-bond donors (Lipinski definition) is 0. The second kappa shape index (κ2) is 10.8. The van der Waals surface area contributed by atoms with E-state index < -0.39 is 11.8 Å². The van der Waals surface area contributed by atoms with Gasteiger partial charge in [0.05, 0.1) is 7.11 Å². The zero-order valence-corrected chi connectivity index (χ0v) is 20.8. The van der Waals surface area contributed by atoms with Crippen LogP contribution in [0.1, 0.15) is 38.3 Å². The molecule has 6 nitrogen and oxygen atoms in total. The van der Waals surface area contributed by atoms with Crippen LogP contribution in [0.25, 0.3) is 6.08 Å². The summed E-state index contributed by atoms with van der Waals surface area (Å²) < 4.78 is 11.4. The fourth-order valence-corrected chi connectivity index (χ4v) is 4.00. The Morgan fingerprint density at radius 3 is 2.47 bits per heavy atom. The molecule has 1 atom stereocenters. The van der Waals surface area contributed by atoms with Crippen molar-refractivity contribution in [3.8, 4) is 17.6 Å². The van der Waals surface area contributed by atoms with E-state index in [1.807, 2.05) is 13.0 Å². The predicted octanol–water partition coefficient (Wildman–Crippen LogP) is 5.97. The number of nitriles is 1. The molecule has 0 saturated heterocycles. The quantitative estimate of drug-likeness (QED) is 0.346. The lowest BCUT2D eigenvalue weighted by Crippen LogP contribution is -2.47. The molecule has 3 rings (SSSR count). The molecule has 0 N–H and O–H groups in total. The summed E-state index contributed by atoms with van der Waals surface area (Å²) in [5, 5.41) is 10.6. The Bertz CT molecular complexity index is 1240. The molecule has 1 unspecified atom stereocenters. The van der Waals surface area contributed by atoms with Gasteiger partial charge in [0.1, 0.15) is 18.2 Å². The Morgan fingerprint density at radius 2 is 1.85 bits per heavy atom. The van der Waals surface area contributed by atoms with Crippen LogP contribution in [-0.2, 0) is 16.2 Å². The molecular formula is C26H24Cl2N2O4. The van der Waals surface area contributed by atoms with E-state index in [2.05, 4.69) is 0 Å². The Balaban J connectivity index is 1.94. The highest BCUT2D eigenvalue weighted by molar-refractivity contribution is 6.35. The Hall–Kier alpha value is -3.27. The van der Waals surface area contributed by atoms with Crippen molar-refractivity contribution in [3.05, 3.63) is 74.3 Å². The molecule has 2 aromatic rings. The second-order valence-corrected chi connectivity index (χ2v) is 8.69. The van der Waals surface area contributed by atoms with Crippen LogP contribution >= 0.6 is 23.2 Å². The maximum atomic E-state index is 13.2. The average Bonchev–Trinajstić information content (AvgIpc) is 2.81. The number of carbonyl (C=O) groups is 2. The molecule has 2 aromatic carbocycles. The molecule has 0 aliphatic carbocycles. The van der Waals surface area contributed by atoms with E-state index in [9.17, 15) is 14.9 Å². The lowest BCUT2D eigenvalue weighted by molar-refractivity contribution is -0.142. The summed E-state index contributed by atoms with van der Waals surface area (Å²) in [5.41, 5.74) is 2.05. The first-order chi connectivity index (χ1) is 16.2. The Kier molecular flexibility index (Phi) is 8.03. The molecule has 0 spiro atoms. The van der Waals surface area contributed by atoms with Crippen LogP contribution in [0.4, 0.5) is 0 Å². The maximum Gasteiger partial charge on any atom is 0.271 e. The van der Waals surface area contributed by atoms with E-state index in [0.717, 1.165) is 10.5 Å². The molecule has 0 bridgehead atoms. The van der Waals surface area contributed by atoms with Gasteiger partial charge in [-0.25, -0.2) is 0 Å². The highest BCUT2D eigenvalue weighted by Crippen LogP contribution is 2.33. The number of nitrogens with zero attached hydrogens (tertiary/aromatic N) is 2. The minimum atomic E-state index is -0.557. The van der Waals surface area contributed by atoms with Crippen molar-refractivity contribution in [2.24, 2.45) is 0 Å². The zero-order chi connectivity index (χ0) is 25.0. The van der Waals surface area contributed by atoms with Gasteiger partial charge in [-0.1, -0.05) is 42.3 Å². The van der Waals surface area contributed by atoms with Gasteiger partial charge in [0, 0.05) is 27.2 Å². The number of methoxy groups -OCH3 is 1. The summed E-state index contributed by atoms with van der Waals surface area (Å²) in [6.07, 6.45) is 2.24. The van der Waals surface area contributed by atoms with E-state index in [1.165, 1.54) is 7.11 Å². The standard InChI is InChI=1S/C26H24Cl2N2O4/c1-5-15(2)30-25(31)20(16(3)21(13-29)26(30)32)10-17-6-9-23(24(11-17)33-4)34-14-18-7-8-19(27)12-22(18)28/h6-12,15H,5,14H2,1-4H3/b20-10+. The zero-order valence-electron chi connectivity index (χ0n) is 19.3. The number of benzene rings is 2. The molecule has 0 saturated carbocycles. The van der Waals surface area contributed by atoms with E-state index in [0.29, 0.717) is 44.7 Å². The molecule has 1 aliphatic heterocycles. The smallest absolute Gasteiger partial charge is 0.271 e. The van der Waals surface area contributed by atoms with Crippen LogP contribution in [0, 0.1) is 11.3 Å². The molecule has 34 heavy (non-hydrogen) atoms. The number of rotatable bonds is 7. The summed E-state index contributed by atoms with van der Waals surface area (Å²) in [6.45, 7) is 5.49. The first-order valence-corrected chi connectivity index (χ1v) is 11.4. The Labute approximate surface area is 209 Å². The van der Waals surface area contributed by atoms with Gasteiger partial charge in [-0.15, -0.1) is 0 Å². The van der Waals surface area contributed by atoms with Gasteiger partial charge < -0.3 is 9.47 Å². The summed E-state index contributed by atoms with van der Waals surface area (Å²) in [5.74, 6) is -0.0297. The minimum absolute atomic E-state index is 0.0297. The third-order valence-corrected chi connectivity index (χ3v) is 6.29. The van der Waals surface area contributed by atoms with Crippen LogP contribution in [0.2, 0.25) is 10.0 Å². The normalized spacial score (nSPS) is 16.0. The lowest BCUT2D eigenvalue weighted by atomic mass is 9.92. The molecule has 8 heteroatoms. The maximum absolute atomic E-state index is 13.2. The van der Waals surface area contributed by atoms with Crippen molar-refractivity contribution in [1.29, 1.82) is 5.26 Å². The first kappa shape index (κ1) is 25.4. The van der Waals surface area contributed by atoms with Gasteiger partial charge in [-0.3, -0.25) is 14.5 Å². The van der Waals surface area contributed by atoms with Crippen molar-refractivity contribution in [3.63, 3.8) is 0 Å². The van der Waals surface area contributed by atoms with Gasteiger partial charge in [-0.05, 0) is 61.7 Å². The first-order valence-electron chi connectivity index (χ1n) is 10.7. The van der Waals surface area contributed by atoms with Gasteiger partial charge in [-0.2, -0.15) is 5.26 Å². The number of carbonyl (C=O) groups excluding carboxylic acids is 2. The SMILES string of the molecule is CCC(C)N1C(=O)C(C#N)=C(C)/C(=C\c2ccc(OCc3ccc(Cl)cc3Cl)c(OC)c2)C1=O. The second-order valence-electron chi connectivity index (χ2n) is 7.84. The van der Waals surface area contributed by atoms with E-state index in [4.69, 9.17) is 32.7 Å². The van der Waals surface area contributed by atoms with Crippen molar-refractivity contribution in [2.75, 3.05) is 7.11 Å². The molecule has 0 radical (unpaired) electrons. The van der Waals surface area contributed by atoms with Crippen molar-refractivity contribution in [1.82, 2.24) is 4.90 Å². The summed E-state index contributed by atoms with van der Waals surface area (Å²) in [6, 6.07) is 12.0. The van der Waals surface area contributed by atoms with Crippen LogP contribution < -0.4 is 9.47 Å². The minimum Gasteiger partial charge on any atom is -0.493 e. The highest BCUT2D eigenvalue weighted by atomic mass is 35.5. The van der Waals surface area contributed by atoms with Crippen LogP contribution in [0.15, 0.2) is 53.1 Å². The van der Waals surface area contributed by atoms with Gasteiger partial charge in [0.15, 0.2) is 11.5 Å². The van der Waals surface area contributed by atoms with Gasteiger partial charge in [0.25, 0.3) is 11.8 Å². The summed E-state index contributed by atoms with van der Waals surface area (Å²) in [4.78, 5) is 27.0. The molecule has 0 fully saturated rings. The Morgan fingerprint density at radius 1 is 1.12 bits per heavy atom. The monoisotopic (exact) mass is 498 g/mol. The summed E-state index contributed by atoms with van der Waals surface area (Å²) >= 11 is 12.2. The van der Waals surface area contributed by atoms with Crippen LogP contribution in [0.5, 0.6) is 11.5 Å². The number of halogens is 2. The molecule has 0 aromatic heterocycles. The van der Waals surface area contributed by atoms with E-state index in [1.54, 1.807) is 56.3 Å². The lowest BCUT2D eigenvalue weighted by Gasteiger charge is -2.31. The number of hydrogen-bond acceptors (Lipinski definition) is 5. The molecular weight excluding hydrogens is 475 g/mol. The number of ether oxygens (including phenoxy) is 2. The summed E-state index contributed by atoms with van der Waals surface area (Å²) in [7, 11) is 1.52. The fraction of sp³-hybridized carbons (Fsp3) is 0.269. The third kappa shape index (κ3) is 5.11. The van der Waals surface area contributed by atoms with Gasteiger partial charge in [0.2, 0.25) is 0 Å². The fourth-order valence-electron chi connectivity index (χ4n) is 3.54. The van der Waals surface area contributed by atoms with Crippen molar-refractivity contribution < 1.29 is 19.1 Å². The molecule has 176 valence electrons. The predicted molar refractivity (Wildman–Crippen MR) is 132 cm³/mol. The van der Waals surface area contributed by atoms with E-state index >= 15 is 0 Å². The highest BCUT2D eigenvalue weighted by Gasteiger charge is 2.37. The topological polar surface area (TPSA) is 79.6 Å². The molecule has 2 amide bonds. The average molecular weight is 499 g/mol. The molecule has 1 heterocycles. The van der Waals surface area contributed by atoms with Gasteiger partial charge >= 0.3 is 0 Å². The number of amides is 2. The van der Waals surface area contributed by atoms with E-state index in [-0.39, 0.29) is 18.2 Å². The third-order valence-electron chi connectivity index (χ3n) is 5.70. The largest absolute Gasteiger partial charge is 0.493 e. The van der Waals surface area contributed by atoms with Crippen molar-refractivity contribution in [2.45, 2.75) is 39.8 Å². The number of imide groups is 1. The molecule has 1 aliphatic rings. The van der Waals surface area contributed by atoms with Crippen LogP contribution in [0.3, 0.4) is 0 Å².